The minimum absolute atomic E-state index is 0.0784. The quantitative estimate of drug-likeness (QED) is 0.160. The number of aldehydes is 1. The average molecular weight is 604 g/mol. The number of ether oxygens (including phenoxy) is 1. The SMILES string of the molecule is CCc1cnccn1.CNc1ccc(CCCCc2nnc(NC=O)s2)cn1.O=CCc1cccc(OC(F)(F)F)c1. The van der Waals surface area contributed by atoms with E-state index in [1.54, 1.807) is 24.7 Å². The van der Waals surface area contributed by atoms with E-state index in [4.69, 9.17) is 0 Å². The predicted molar refractivity (Wildman–Crippen MR) is 154 cm³/mol. The normalized spacial score (nSPS) is 10.3. The van der Waals surface area contributed by atoms with Gasteiger partial charge in [0.1, 0.15) is 22.9 Å². The lowest BCUT2D eigenvalue weighted by atomic mass is 10.1. The van der Waals surface area contributed by atoms with Gasteiger partial charge in [0.25, 0.3) is 0 Å². The van der Waals surface area contributed by atoms with Crippen LogP contribution in [-0.2, 0) is 35.3 Å². The Labute approximate surface area is 245 Å². The van der Waals surface area contributed by atoms with Crippen molar-refractivity contribution in [2.75, 3.05) is 17.7 Å². The summed E-state index contributed by atoms with van der Waals surface area (Å²) in [4.78, 5) is 32.6. The molecule has 0 aliphatic rings. The van der Waals surface area contributed by atoms with Crippen molar-refractivity contribution in [2.24, 2.45) is 0 Å². The van der Waals surface area contributed by atoms with Crippen LogP contribution in [0.15, 0.2) is 61.2 Å². The third-order valence-corrected chi connectivity index (χ3v) is 6.18. The number of unbranched alkanes of at least 4 members (excludes halogenated alkanes) is 1. The third-order valence-electron chi connectivity index (χ3n) is 5.27. The summed E-state index contributed by atoms with van der Waals surface area (Å²) in [6, 6.07) is 9.40. The summed E-state index contributed by atoms with van der Waals surface area (Å²) in [6.07, 6.45) is 8.68. The minimum Gasteiger partial charge on any atom is -0.406 e. The first-order valence-electron chi connectivity index (χ1n) is 12.9. The number of carbonyl (C=O) groups excluding carboxylic acids is 2. The number of nitrogens with one attached hydrogen (secondary N) is 2. The van der Waals surface area contributed by atoms with Gasteiger partial charge in [-0.2, -0.15) is 0 Å². The lowest BCUT2D eigenvalue weighted by Gasteiger charge is -2.08. The first-order chi connectivity index (χ1) is 20.3. The first-order valence-corrected chi connectivity index (χ1v) is 13.8. The van der Waals surface area contributed by atoms with Gasteiger partial charge in [-0.3, -0.25) is 14.8 Å². The molecule has 3 aromatic heterocycles. The van der Waals surface area contributed by atoms with E-state index in [1.807, 2.05) is 19.3 Å². The second-order valence-corrected chi connectivity index (χ2v) is 9.45. The summed E-state index contributed by atoms with van der Waals surface area (Å²) in [5.74, 6) is 0.578. The molecular weight excluding hydrogens is 571 g/mol. The maximum absolute atomic E-state index is 11.8. The summed E-state index contributed by atoms with van der Waals surface area (Å²) in [7, 11) is 1.86. The number of hydrogen-bond donors (Lipinski definition) is 2. The van der Waals surface area contributed by atoms with Crippen LogP contribution in [-0.4, -0.2) is 51.3 Å². The summed E-state index contributed by atoms with van der Waals surface area (Å²) in [5, 5.41) is 14.9. The number of carbonyl (C=O) groups is 2. The molecule has 0 fully saturated rings. The molecule has 0 saturated carbocycles. The van der Waals surface area contributed by atoms with Crippen molar-refractivity contribution in [3.05, 3.63) is 83.0 Å². The van der Waals surface area contributed by atoms with Crippen LogP contribution in [0, 0.1) is 0 Å². The highest BCUT2D eigenvalue weighted by molar-refractivity contribution is 7.15. The number of amides is 1. The Morgan fingerprint density at radius 1 is 0.976 bits per heavy atom. The zero-order valence-corrected chi connectivity index (χ0v) is 24.0. The number of nitrogens with zero attached hydrogens (tertiary/aromatic N) is 5. The third kappa shape index (κ3) is 14.3. The number of halogens is 3. The van der Waals surface area contributed by atoms with E-state index in [1.165, 1.54) is 35.1 Å². The Balaban J connectivity index is 0.000000242. The molecule has 4 aromatic rings. The maximum Gasteiger partial charge on any atom is 0.573 e. The Hall–Kier alpha value is -4.46. The molecule has 0 saturated heterocycles. The largest absolute Gasteiger partial charge is 0.573 e. The Bertz CT molecular complexity index is 1320. The van der Waals surface area contributed by atoms with E-state index in [-0.39, 0.29) is 12.2 Å². The molecule has 0 aliphatic carbocycles. The highest BCUT2D eigenvalue weighted by atomic mass is 32.1. The van der Waals surface area contributed by atoms with Crippen molar-refractivity contribution in [3.63, 3.8) is 0 Å². The topological polar surface area (TPSA) is 132 Å². The summed E-state index contributed by atoms with van der Waals surface area (Å²) < 4.78 is 39.0. The molecule has 4 rings (SSSR count). The predicted octanol–water partition coefficient (Wildman–Crippen LogP) is 5.47. The zero-order chi connectivity index (χ0) is 30.6. The van der Waals surface area contributed by atoms with Crippen LogP contribution in [0.1, 0.15) is 41.6 Å². The van der Waals surface area contributed by atoms with Gasteiger partial charge in [-0.25, -0.2) is 4.98 Å². The van der Waals surface area contributed by atoms with Crippen molar-refractivity contribution in [1.29, 1.82) is 0 Å². The average Bonchev–Trinajstić information content (AvgIpc) is 3.44. The van der Waals surface area contributed by atoms with Crippen molar-refractivity contribution < 1.29 is 27.5 Å². The molecular formula is C28H32F3N7O3S. The first kappa shape index (κ1) is 33.7. The van der Waals surface area contributed by atoms with E-state index < -0.39 is 6.36 Å². The van der Waals surface area contributed by atoms with Gasteiger partial charge in [0.2, 0.25) is 11.5 Å². The fraction of sp³-hybridized carbons (Fsp3) is 0.321. The summed E-state index contributed by atoms with van der Waals surface area (Å²) in [6.45, 7) is 2.06. The molecule has 42 heavy (non-hydrogen) atoms. The van der Waals surface area contributed by atoms with Crippen molar-refractivity contribution in [3.8, 4) is 5.75 Å². The molecule has 14 heteroatoms. The van der Waals surface area contributed by atoms with Crippen molar-refractivity contribution >= 4 is 35.0 Å². The summed E-state index contributed by atoms with van der Waals surface area (Å²) in [5.41, 5.74) is 2.78. The lowest BCUT2D eigenvalue weighted by Crippen LogP contribution is -2.17. The second-order valence-electron chi connectivity index (χ2n) is 8.39. The smallest absolute Gasteiger partial charge is 0.406 e. The zero-order valence-electron chi connectivity index (χ0n) is 23.2. The fourth-order valence-corrected chi connectivity index (χ4v) is 4.01. The number of alkyl halides is 3. The van der Waals surface area contributed by atoms with Crippen LogP contribution in [0.4, 0.5) is 24.1 Å². The van der Waals surface area contributed by atoms with E-state index in [2.05, 4.69) is 53.5 Å². The van der Waals surface area contributed by atoms with Gasteiger partial charge in [0.15, 0.2) is 0 Å². The van der Waals surface area contributed by atoms with Gasteiger partial charge in [-0.05, 0) is 55.0 Å². The van der Waals surface area contributed by atoms with Gasteiger partial charge < -0.3 is 20.2 Å². The molecule has 0 bridgehead atoms. The highest BCUT2D eigenvalue weighted by Crippen LogP contribution is 2.23. The number of benzene rings is 1. The number of hydrogen-bond acceptors (Lipinski definition) is 10. The molecule has 0 unspecified atom stereocenters. The van der Waals surface area contributed by atoms with Crippen LogP contribution in [0.5, 0.6) is 5.75 Å². The molecule has 224 valence electrons. The number of pyridine rings is 1. The molecule has 0 radical (unpaired) electrons. The molecule has 10 nitrogen and oxygen atoms in total. The molecule has 0 spiro atoms. The summed E-state index contributed by atoms with van der Waals surface area (Å²) >= 11 is 1.42. The van der Waals surface area contributed by atoms with Crippen LogP contribution in [0.3, 0.4) is 0 Å². The van der Waals surface area contributed by atoms with Gasteiger partial charge in [-0.15, -0.1) is 23.4 Å². The van der Waals surface area contributed by atoms with E-state index in [9.17, 15) is 22.8 Å². The van der Waals surface area contributed by atoms with Gasteiger partial charge in [-0.1, -0.05) is 36.5 Å². The van der Waals surface area contributed by atoms with Crippen molar-refractivity contribution in [2.45, 2.75) is 51.8 Å². The molecule has 2 N–H and O–H groups in total. The number of aryl methyl sites for hydroxylation is 3. The molecule has 1 amide bonds. The van der Waals surface area contributed by atoms with E-state index >= 15 is 0 Å². The van der Waals surface area contributed by atoms with E-state index in [0.29, 0.717) is 23.4 Å². The molecule has 1 aromatic carbocycles. The van der Waals surface area contributed by atoms with Crippen LogP contribution in [0.2, 0.25) is 0 Å². The fourth-order valence-electron chi connectivity index (χ4n) is 3.27. The Morgan fingerprint density at radius 3 is 2.38 bits per heavy atom. The van der Waals surface area contributed by atoms with Gasteiger partial charge >= 0.3 is 6.36 Å². The van der Waals surface area contributed by atoms with Gasteiger partial charge in [0, 0.05) is 44.7 Å². The molecule has 3 heterocycles. The van der Waals surface area contributed by atoms with E-state index in [0.717, 1.165) is 48.6 Å². The minimum atomic E-state index is -4.69. The number of anilines is 2. The second kappa shape index (κ2) is 18.8. The Morgan fingerprint density at radius 2 is 1.79 bits per heavy atom. The van der Waals surface area contributed by atoms with Gasteiger partial charge in [0.05, 0.1) is 5.69 Å². The van der Waals surface area contributed by atoms with Crippen LogP contribution in [0.25, 0.3) is 0 Å². The lowest BCUT2D eigenvalue weighted by molar-refractivity contribution is -0.274. The van der Waals surface area contributed by atoms with Crippen LogP contribution >= 0.6 is 11.3 Å². The molecule has 0 atom stereocenters. The maximum atomic E-state index is 11.8. The highest BCUT2D eigenvalue weighted by Gasteiger charge is 2.31. The number of rotatable bonds is 12. The number of aromatic nitrogens is 5. The van der Waals surface area contributed by atoms with Crippen LogP contribution < -0.4 is 15.4 Å². The monoisotopic (exact) mass is 603 g/mol. The Kier molecular flexibility index (Phi) is 15.1. The van der Waals surface area contributed by atoms with Crippen molar-refractivity contribution in [1.82, 2.24) is 25.1 Å². The molecule has 0 aliphatic heterocycles. The standard InChI is InChI=1S/C13H17N5OS.C9H7F3O2.C6H8N2/c1-14-11-7-6-10(8-15-11)4-2-3-5-12-17-18-13(20-12)16-9-19;10-9(11,12)14-8-3-1-2-7(6-8)4-5-13;1-2-6-5-7-3-4-8-6/h6-9H,2-5H2,1H3,(H,14,15)(H,16,18,19);1-3,5-6H,4H2;3-5H,2H2,1H3.